The largest absolute Gasteiger partial charge is 0.303 e. The molecule has 0 aliphatic heterocycles. The van der Waals surface area contributed by atoms with Gasteiger partial charge < -0.3 is 5.32 Å². The van der Waals surface area contributed by atoms with Crippen molar-refractivity contribution in [2.75, 3.05) is 0 Å². The highest BCUT2D eigenvalue weighted by molar-refractivity contribution is 6.64. The van der Waals surface area contributed by atoms with Crippen molar-refractivity contribution in [2.45, 2.75) is 19.5 Å². The van der Waals surface area contributed by atoms with E-state index in [1.54, 1.807) is 6.92 Å². The Kier molecular flexibility index (Phi) is 3.93. The minimum absolute atomic E-state index is 0.290. The van der Waals surface area contributed by atoms with Gasteiger partial charge >= 0.3 is 0 Å². The van der Waals surface area contributed by atoms with Crippen molar-refractivity contribution in [3.05, 3.63) is 35.9 Å². The van der Waals surface area contributed by atoms with Gasteiger partial charge in [-0.3, -0.25) is 4.79 Å². The molecule has 1 aromatic carbocycles. The lowest BCUT2D eigenvalue weighted by atomic mass is 10.2. The predicted octanol–water partition coefficient (Wildman–Crippen LogP) is 1.93. The Bertz CT molecular complexity index is 274. The van der Waals surface area contributed by atoms with Crippen molar-refractivity contribution in [3.63, 3.8) is 0 Å². The first-order valence-corrected chi connectivity index (χ1v) is 4.54. The molecule has 1 aromatic rings. The average molecular weight is 198 g/mol. The van der Waals surface area contributed by atoms with E-state index in [1.165, 1.54) is 0 Å². The SMILES string of the molecule is CC(NCc1ccccc1)C(=O)Cl. The molecule has 70 valence electrons. The molecule has 0 heterocycles. The van der Waals surface area contributed by atoms with Gasteiger partial charge in [-0.05, 0) is 24.1 Å². The van der Waals surface area contributed by atoms with Gasteiger partial charge in [0.2, 0.25) is 5.24 Å². The van der Waals surface area contributed by atoms with Gasteiger partial charge in [0.15, 0.2) is 0 Å². The maximum atomic E-state index is 10.7. The molecule has 2 nitrogen and oxygen atoms in total. The Morgan fingerprint density at radius 3 is 2.62 bits per heavy atom. The van der Waals surface area contributed by atoms with Gasteiger partial charge in [-0.25, -0.2) is 0 Å². The van der Waals surface area contributed by atoms with Gasteiger partial charge in [0.1, 0.15) is 0 Å². The zero-order valence-electron chi connectivity index (χ0n) is 7.46. The number of carbonyl (C=O) groups is 1. The molecule has 1 rings (SSSR count). The smallest absolute Gasteiger partial charge is 0.238 e. The summed E-state index contributed by atoms with van der Waals surface area (Å²) in [6, 6.07) is 9.59. The topological polar surface area (TPSA) is 29.1 Å². The molecule has 1 N–H and O–H groups in total. The van der Waals surface area contributed by atoms with Crippen LogP contribution in [0.2, 0.25) is 0 Å². The highest BCUT2D eigenvalue weighted by Crippen LogP contribution is 1.99. The molecule has 0 saturated heterocycles. The molecule has 13 heavy (non-hydrogen) atoms. The minimum Gasteiger partial charge on any atom is -0.303 e. The molecule has 0 spiro atoms. The molecule has 0 aliphatic rings. The second kappa shape index (κ2) is 5.00. The second-order valence-electron chi connectivity index (χ2n) is 2.89. The third-order valence-electron chi connectivity index (χ3n) is 1.80. The number of halogens is 1. The third-order valence-corrected chi connectivity index (χ3v) is 2.12. The van der Waals surface area contributed by atoms with Crippen LogP contribution in [0, 0.1) is 0 Å². The summed E-state index contributed by atoms with van der Waals surface area (Å²) in [6.45, 7) is 2.42. The van der Waals surface area contributed by atoms with Crippen LogP contribution in [0.3, 0.4) is 0 Å². The zero-order chi connectivity index (χ0) is 9.68. The number of nitrogens with one attached hydrogen (secondary N) is 1. The summed E-state index contributed by atoms with van der Waals surface area (Å²) in [6.07, 6.45) is 0. The molecule has 0 bridgehead atoms. The number of hydrogen-bond donors (Lipinski definition) is 1. The van der Waals surface area contributed by atoms with E-state index in [9.17, 15) is 4.79 Å². The van der Waals surface area contributed by atoms with Crippen LogP contribution in [0.4, 0.5) is 0 Å². The van der Waals surface area contributed by atoms with E-state index < -0.39 is 0 Å². The first kappa shape index (κ1) is 10.2. The van der Waals surface area contributed by atoms with Crippen molar-refractivity contribution in [1.82, 2.24) is 5.32 Å². The van der Waals surface area contributed by atoms with Gasteiger partial charge in [-0.1, -0.05) is 30.3 Å². The lowest BCUT2D eigenvalue weighted by Crippen LogP contribution is -2.30. The molecule has 3 heteroatoms. The van der Waals surface area contributed by atoms with Crippen molar-refractivity contribution >= 4 is 16.8 Å². The van der Waals surface area contributed by atoms with E-state index in [2.05, 4.69) is 5.32 Å². The normalized spacial score (nSPS) is 12.5. The first-order valence-electron chi connectivity index (χ1n) is 4.17. The van der Waals surface area contributed by atoms with Gasteiger partial charge in [0.05, 0.1) is 6.04 Å². The van der Waals surface area contributed by atoms with E-state index in [0.29, 0.717) is 6.54 Å². The van der Waals surface area contributed by atoms with E-state index >= 15 is 0 Å². The molecular formula is C10H12ClNO. The summed E-state index contributed by atoms with van der Waals surface area (Å²) >= 11 is 5.29. The summed E-state index contributed by atoms with van der Waals surface area (Å²) < 4.78 is 0. The third kappa shape index (κ3) is 3.57. The average Bonchev–Trinajstić information content (AvgIpc) is 2.15. The Morgan fingerprint density at radius 1 is 1.46 bits per heavy atom. The Labute approximate surface area is 82.9 Å². The molecule has 0 aliphatic carbocycles. The van der Waals surface area contributed by atoms with E-state index in [1.807, 2.05) is 30.3 Å². The predicted molar refractivity (Wildman–Crippen MR) is 53.6 cm³/mol. The van der Waals surface area contributed by atoms with E-state index in [0.717, 1.165) is 5.56 Å². The van der Waals surface area contributed by atoms with Crippen molar-refractivity contribution in [2.24, 2.45) is 0 Å². The van der Waals surface area contributed by atoms with Crippen LogP contribution in [0.25, 0.3) is 0 Å². The highest BCUT2D eigenvalue weighted by atomic mass is 35.5. The summed E-state index contributed by atoms with van der Waals surface area (Å²) in [5.74, 6) is 0. The lowest BCUT2D eigenvalue weighted by molar-refractivity contribution is -0.113. The number of rotatable bonds is 4. The molecule has 0 amide bonds. The Balaban J connectivity index is 2.39. The van der Waals surface area contributed by atoms with Crippen LogP contribution < -0.4 is 5.32 Å². The van der Waals surface area contributed by atoms with Crippen molar-refractivity contribution in [1.29, 1.82) is 0 Å². The summed E-state index contributed by atoms with van der Waals surface area (Å²) in [5, 5.41) is 2.67. The quantitative estimate of drug-likeness (QED) is 0.748. The highest BCUT2D eigenvalue weighted by Gasteiger charge is 2.07. The second-order valence-corrected chi connectivity index (χ2v) is 3.26. The molecule has 0 saturated carbocycles. The van der Waals surface area contributed by atoms with E-state index in [4.69, 9.17) is 11.6 Å². The number of carbonyl (C=O) groups excluding carboxylic acids is 1. The van der Waals surface area contributed by atoms with Crippen LogP contribution in [-0.2, 0) is 11.3 Å². The van der Waals surface area contributed by atoms with Crippen LogP contribution in [0.15, 0.2) is 30.3 Å². The molecule has 0 aromatic heterocycles. The standard InChI is InChI=1S/C10H12ClNO/c1-8(10(11)13)12-7-9-5-3-2-4-6-9/h2-6,8,12H,7H2,1H3. The molecule has 1 unspecified atom stereocenters. The minimum atomic E-state index is -0.351. The van der Waals surface area contributed by atoms with Gasteiger partial charge in [-0.2, -0.15) is 0 Å². The Morgan fingerprint density at radius 2 is 2.08 bits per heavy atom. The van der Waals surface area contributed by atoms with Gasteiger partial charge in [0, 0.05) is 6.54 Å². The van der Waals surface area contributed by atoms with Crippen LogP contribution in [-0.4, -0.2) is 11.3 Å². The summed E-state index contributed by atoms with van der Waals surface area (Å²) in [4.78, 5) is 10.7. The number of benzene rings is 1. The molecule has 0 fully saturated rings. The molecule has 1 atom stereocenters. The van der Waals surface area contributed by atoms with Gasteiger partial charge in [-0.15, -0.1) is 0 Å². The van der Waals surface area contributed by atoms with Crippen LogP contribution >= 0.6 is 11.6 Å². The maximum Gasteiger partial charge on any atom is 0.238 e. The fourth-order valence-electron chi connectivity index (χ4n) is 0.947. The van der Waals surface area contributed by atoms with Crippen molar-refractivity contribution in [3.8, 4) is 0 Å². The Hall–Kier alpha value is -0.860. The van der Waals surface area contributed by atoms with Crippen LogP contribution in [0.5, 0.6) is 0 Å². The molecule has 0 radical (unpaired) electrons. The summed E-state index contributed by atoms with van der Waals surface area (Å²) in [7, 11) is 0. The van der Waals surface area contributed by atoms with Crippen molar-refractivity contribution < 1.29 is 4.79 Å². The lowest BCUT2D eigenvalue weighted by Gasteiger charge is -2.08. The maximum absolute atomic E-state index is 10.7. The zero-order valence-corrected chi connectivity index (χ0v) is 8.21. The first-order chi connectivity index (χ1) is 6.20. The monoisotopic (exact) mass is 197 g/mol. The summed E-state index contributed by atoms with van der Waals surface area (Å²) in [5.41, 5.74) is 1.15. The fourth-order valence-corrected chi connectivity index (χ4v) is 1.02. The number of hydrogen-bond acceptors (Lipinski definition) is 2. The van der Waals surface area contributed by atoms with Crippen LogP contribution in [0.1, 0.15) is 12.5 Å². The fraction of sp³-hybridized carbons (Fsp3) is 0.300. The van der Waals surface area contributed by atoms with Gasteiger partial charge in [0.25, 0.3) is 0 Å². The van der Waals surface area contributed by atoms with E-state index in [-0.39, 0.29) is 11.3 Å². The molecular weight excluding hydrogens is 186 g/mol.